The van der Waals surface area contributed by atoms with Crippen molar-refractivity contribution in [2.75, 3.05) is 6.61 Å². The summed E-state index contributed by atoms with van der Waals surface area (Å²) in [5.41, 5.74) is 2.41. The maximum Gasteiger partial charge on any atom is 0.293 e. The smallest absolute Gasteiger partial charge is 0.293 e. The van der Waals surface area contributed by atoms with Gasteiger partial charge >= 0.3 is 0 Å². The molecule has 0 spiro atoms. The Labute approximate surface area is 232 Å². The van der Waals surface area contributed by atoms with E-state index in [1.54, 1.807) is 24.3 Å². The van der Waals surface area contributed by atoms with E-state index in [0.717, 1.165) is 33.0 Å². The fourth-order valence-corrected chi connectivity index (χ4v) is 5.62. The normalized spacial score (nSPS) is 14.5. The van der Waals surface area contributed by atoms with Crippen molar-refractivity contribution in [2.45, 2.75) is 20.1 Å². The molecule has 1 aliphatic rings. The second kappa shape index (κ2) is 11.4. The highest BCUT2D eigenvalue weighted by atomic mass is 79.9. The number of carbonyl (C=O) groups excluding carboxylic acids is 2. The molecular weight excluding hydrogens is 569 g/mol. The van der Waals surface area contributed by atoms with Gasteiger partial charge in [0.25, 0.3) is 11.1 Å². The SMILES string of the molecule is CCOc1cc(/C=C2/SC(=O)N(Cc3ccc(F)cc3)C2=O)cc(Br)c1OCc1cccc2ccccc12. The number of thioether (sulfide) groups is 1. The molecule has 4 aromatic rings. The third-order valence-corrected chi connectivity index (χ3v) is 7.51. The van der Waals surface area contributed by atoms with Crippen molar-refractivity contribution in [2.24, 2.45) is 0 Å². The van der Waals surface area contributed by atoms with Crippen LogP contribution in [0.1, 0.15) is 23.6 Å². The quantitative estimate of drug-likeness (QED) is 0.194. The van der Waals surface area contributed by atoms with Crippen molar-refractivity contribution in [1.29, 1.82) is 0 Å². The van der Waals surface area contributed by atoms with Crippen molar-refractivity contribution in [3.05, 3.63) is 111 Å². The van der Waals surface area contributed by atoms with Crippen LogP contribution in [-0.4, -0.2) is 22.7 Å². The number of rotatable bonds is 8. The van der Waals surface area contributed by atoms with Crippen molar-refractivity contribution >= 4 is 55.7 Å². The maximum absolute atomic E-state index is 13.2. The van der Waals surface area contributed by atoms with Crippen LogP contribution in [0, 0.1) is 5.82 Å². The minimum Gasteiger partial charge on any atom is -0.490 e. The molecule has 0 bridgehead atoms. The standard InChI is InChI=1S/C30H23BrFNO4S/c1-2-36-26-15-20(16-27-29(34)33(30(35)38-27)17-19-10-12-23(32)13-11-19)14-25(31)28(26)37-18-22-8-5-7-21-6-3-4-9-24(21)22/h3-16H,2,17-18H2,1H3/b27-16+. The van der Waals surface area contributed by atoms with E-state index in [1.165, 1.54) is 12.1 Å². The highest BCUT2D eigenvalue weighted by Crippen LogP contribution is 2.40. The molecule has 1 heterocycles. The summed E-state index contributed by atoms with van der Waals surface area (Å²) < 4.78 is 26.0. The third-order valence-electron chi connectivity index (χ3n) is 6.01. The monoisotopic (exact) mass is 591 g/mol. The van der Waals surface area contributed by atoms with Gasteiger partial charge in [-0.3, -0.25) is 14.5 Å². The predicted molar refractivity (Wildman–Crippen MR) is 152 cm³/mol. The Balaban J connectivity index is 1.38. The summed E-state index contributed by atoms with van der Waals surface area (Å²) in [5.74, 6) is 0.318. The van der Waals surface area contributed by atoms with E-state index >= 15 is 0 Å². The van der Waals surface area contributed by atoms with Gasteiger partial charge in [-0.1, -0.05) is 54.6 Å². The highest BCUT2D eigenvalue weighted by molar-refractivity contribution is 9.10. The first-order chi connectivity index (χ1) is 18.4. The Morgan fingerprint density at radius 3 is 2.53 bits per heavy atom. The van der Waals surface area contributed by atoms with Gasteiger partial charge in [-0.25, -0.2) is 4.39 Å². The summed E-state index contributed by atoms with van der Waals surface area (Å²) in [4.78, 5) is 27.0. The molecule has 8 heteroatoms. The van der Waals surface area contributed by atoms with Crippen LogP contribution in [0.15, 0.2) is 88.2 Å². The number of halogens is 2. The van der Waals surface area contributed by atoms with Crippen LogP contribution >= 0.6 is 27.7 Å². The number of ether oxygens (including phenoxy) is 2. The van der Waals surface area contributed by atoms with E-state index in [9.17, 15) is 14.0 Å². The van der Waals surface area contributed by atoms with Gasteiger partial charge in [-0.2, -0.15) is 0 Å². The van der Waals surface area contributed by atoms with Crippen LogP contribution < -0.4 is 9.47 Å². The van der Waals surface area contributed by atoms with E-state index in [0.29, 0.717) is 45.2 Å². The van der Waals surface area contributed by atoms with Gasteiger partial charge in [0.1, 0.15) is 12.4 Å². The second-order valence-corrected chi connectivity index (χ2v) is 10.4. The molecule has 0 radical (unpaired) electrons. The van der Waals surface area contributed by atoms with E-state index in [4.69, 9.17) is 9.47 Å². The Morgan fingerprint density at radius 2 is 1.74 bits per heavy atom. The number of benzene rings is 4. The summed E-state index contributed by atoms with van der Waals surface area (Å²) in [6.45, 7) is 2.74. The molecule has 0 atom stereocenters. The van der Waals surface area contributed by atoms with E-state index < -0.39 is 5.91 Å². The first-order valence-electron chi connectivity index (χ1n) is 12.0. The van der Waals surface area contributed by atoms with E-state index in [1.807, 2.05) is 37.3 Å². The summed E-state index contributed by atoms with van der Waals surface area (Å²) in [6, 6.07) is 23.6. The molecule has 0 unspecified atom stereocenters. The number of amides is 2. The van der Waals surface area contributed by atoms with Gasteiger partial charge in [-0.15, -0.1) is 0 Å². The lowest BCUT2D eigenvalue weighted by molar-refractivity contribution is -0.123. The predicted octanol–water partition coefficient (Wildman–Crippen LogP) is 7.96. The zero-order valence-corrected chi connectivity index (χ0v) is 22.9. The Kier molecular flexibility index (Phi) is 7.81. The average molecular weight is 592 g/mol. The second-order valence-electron chi connectivity index (χ2n) is 8.58. The summed E-state index contributed by atoms with van der Waals surface area (Å²) in [5, 5.41) is 1.89. The Morgan fingerprint density at radius 1 is 0.974 bits per heavy atom. The molecular formula is C30H23BrFNO4S. The van der Waals surface area contributed by atoms with Crippen molar-refractivity contribution < 1.29 is 23.5 Å². The maximum atomic E-state index is 13.2. The van der Waals surface area contributed by atoms with Gasteiger partial charge < -0.3 is 9.47 Å². The number of nitrogens with zero attached hydrogens (tertiary/aromatic N) is 1. The van der Waals surface area contributed by atoms with E-state index in [-0.39, 0.29) is 17.6 Å². The number of hydrogen-bond acceptors (Lipinski definition) is 5. The molecule has 1 aliphatic heterocycles. The fourth-order valence-electron chi connectivity index (χ4n) is 4.20. The molecule has 1 fully saturated rings. The van der Waals surface area contributed by atoms with Crippen molar-refractivity contribution in [3.8, 4) is 11.5 Å². The number of hydrogen-bond donors (Lipinski definition) is 0. The lowest BCUT2D eigenvalue weighted by Crippen LogP contribution is -2.27. The summed E-state index contributed by atoms with van der Waals surface area (Å²) >= 11 is 4.47. The number of carbonyl (C=O) groups is 2. The van der Waals surface area contributed by atoms with Gasteiger partial charge in [0.2, 0.25) is 0 Å². The van der Waals surface area contributed by atoms with Gasteiger partial charge in [0.15, 0.2) is 11.5 Å². The van der Waals surface area contributed by atoms with Crippen LogP contribution in [0.4, 0.5) is 9.18 Å². The molecule has 2 amide bonds. The van der Waals surface area contributed by atoms with Crippen LogP contribution in [0.3, 0.4) is 0 Å². The van der Waals surface area contributed by atoms with Crippen LogP contribution in [-0.2, 0) is 17.9 Å². The molecule has 4 aromatic carbocycles. The largest absolute Gasteiger partial charge is 0.490 e. The lowest BCUT2D eigenvalue weighted by atomic mass is 10.1. The molecule has 1 saturated heterocycles. The zero-order chi connectivity index (χ0) is 26.6. The number of fused-ring (bicyclic) bond motifs is 1. The minimum atomic E-state index is -0.394. The average Bonchev–Trinajstić information content (AvgIpc) is 3.17. The zero-order valence-electron chi connectivity index (χ0n) is 20.4. The molecule has 0 saturated carbocycles. The summed E-state index contributed by atoms with van der Waals surface area (Å²) in [7, 11) is 0. The van der Waals surface area contributed by atoms with Crippen molar-refractivity contribution in [1.82, 2.24) is 4.90 Å². The third kappa shape index (κ3) is 5.61. The van der Waals surface area contributed by atoms with Gasteiger partial charge in [-0.05, 0) is 92.4 Å². The van der Waals surface area contributed by atoms with Gasteiger partial charge in [0.05, 0.1) is 22.5 Å². The van der Waals surface area contributed by atoms with Gasteiger partial charge in [0, 0.05) is 0 Å². The molecule has 5 rings (SSSR count). The number of imide groups is 1. The molecule has 38 heavy (non-hydrogen) atoms. The first-order valence-corrected chi connectivity index (χ1v) is 13.6. The molecule has 0 N–H and O–H groups in total. The highest BCUT2D eigenvalue weighted by Gasteiger charge is 2.35. The summed E-state index contributed by atoms with van der Waals surface area (Å²) in [6.07, 6.45) is 1.66. The van der Waals surface area contributed by atoms with Crippen molar-refractivity contribution in [3.63, 3.8) is 0 Å². The Hall–Kier alpha value is -3.62. The lowest BCUT2D eigenvalue weighted by Gasteiger charge is -2.16. The molecule has 5 nitrogen and oxygen atoms in total. The van der Waals surface area contributed by atoms with Crippen LogP contribution in [0.25, 0.3) is 16.8 Å². The molecule has 0 aliphatic carbocycles. The van der Waals surface area contributed by atoms with Crippen LogP contribution in [0.5, 0.6) is 11.5 Å². The first kappa shape index (κ1) is 26.0. The molecule has 192 valence electrons. The molecule has 0 aromatic heterocycles. The Bertz CT molecular complexity index is 1550. The fraction of sp³-hybridized carbons (Fsp3) is 0.133. The van der Waals surface area contributed by atoms with Crippen LogP contribution in [0.2, 0.25) is 0 Å². The minimum absolute atomic E-state index is 0.0805. The van der Waals surface area contributed by atoms with E-state index in [2.05, 4.69) is 34.1 Å². The topological polar surface area (TPSA) is 55.8 Å².